The molecule has 0 spiro atoms. The molecule has 4 nitrogen and oxygen atoms in total. The van der Waals surface area contributed by atoms with Crippen molar-refractivity contribution < 1.29 is 14.0 Å². The van der Waals surface area contributed by atoms with Gasteiger partial charge in [-0.25, -0.2) is 4.39 Å². The maximum absolute atomic E-state index is 13.7. The Hall–Kier alpha value is -1.91. The summed E-state index contributed by atoms with van der Waals surface area (Å²) in [6.07, 6.45) is 6.72. The Morgan fingerprint density at radius 1 is 1.08 bits per heavy atom. The number of hydrogen-bond donors (Lipinski definition) is 2. The van der Waals surface area contributed by atoms with E-state index >= 15 is 0 Å². The van der Waals surface area contributed by atoms with E-state index in [0.29, 0.717) is 17.8 Å². The van der Waals surface area contributed by atoms with Gasteiger partial charge in [0.2, 0.25) is 11.8 Å². The summed E-state index contributed by atoms with van der Waals surface area (Å²) >= 11 is 0. The number of hydrogen-bond acceptors (Lipinski definition) is 2. The molecule has 0 aliphatic heterocycles. The van der Waals surface area contributed by atoms with Crippen molar-refractivity contribution in [3.05, 3.63) is 30.1 Å². The molecular weight excluding hydrogens is 319 g/mol. The van der Waals surface area contributed by atoms with Gasteiger partial charge in [0.15, 0.2) is 0 Å². The fourth-order valence-corrected chi connectivity index (χ4v) is 5.61. The van der Waals surface area contributed by atoms with Gasteiger partial charge in [0.1, 0.15) is 11.9 Å². The van der Waals surface area contributed by atoms with Crippen molar-refractivity contribution in [2.45, 2.75) is 51.5 Å². The molecule has 4 aliphatic carbocycles. The number of anilines is 1. The van der Waals surface area contributed by atoms with Gasteiger partial charge >= 0.3 is 0 Å². The molecule has 1 aromatic rings. The summed E-state index contributed by atoms with van der Waals surface area (Å²) in [5, 5.41) is 5.46. The average Bonchev–Trinajstić information content (AvgIpc) is 2.55. The second-order valence-electron chi connectivity index (χ2n) is 8.36. The molecule has 5 heteroatoms. The molecule has 0 radical (unpaired) electrons. The first-order chi connectivity index (χ1) is 11.9. The van der Waals surface area contributed by atoms with Crippen LogP contribution in [-0.2, 0) is 9.59 Å². The van der Waals surface area contributed by atoms with E-state index in [9.17, 15) is 14.0 Å². The van der Waals surface area contributed by atoms with Crippen LogP contribution in [0.1, 0.15) is 45.4 Å². The van der Waals surface area contributed by atoms with Gasteiger partial charge in [-0.15, -0.1) is 0 Å². The number of carbonyl (C=O) groups excluding carboxylic acids is 2. The smallest absolute Gasteiger partial charge is 0.246 e. The van der Waals surface area contributed by atoms with E-state index < -0.39 is 11.9 Å². The van der Waals surface area contributed by atoms with Crippen LogP contribution < -0.4 is 10.6 Å². The SMILES string of the molecule is CC(NC(=O)C12CC3CC(CC(C3)C1)C2)C(=O)Nc1ccccc1F. The van der Waals surface area contributed by atoms with Crippen LogP contribution in [-0.4, -0.2) is 17.9 Å². The normalized spacial score (nSPS) is 33.8. The summed E-state index contributed by atoms with van der Waals surface area (Å²) in [6.45, 7) is 1.66. The maximum atomic E-state index is 13.7. The van der Waals surface area contributed by atoms with Crippen LogP contribution in [0.3, 0.4) is 0 Å². The Morgan fingerprint density at radius 3 is 2.20 bits per heavy atom. The third kappa shape index (κ3) is 3.05. The maximum Gasteiger partial charge on any atom is 0.246 e. The van der Waals surface area contributed by atoms with Crippen LogP contribution >= 0.6 is 0 Å². The monoisotopic (exact) mass is 344 g/mol. The summed E-state index contributed by atoms with van der Waals surface area (Å²) in [5.41, 5.74) is -0.134. The van der Waals surface area contributed by atoms with Gasteiger partial charge < -0.3 is 10.6 Å². The highest BCUT2D eigenvalue weighted by molar-refractivity contribution is 5.97. The van der Waals surface area contributed by atoms with E-state index in [1.165, 1.54) is 31.4 Å². The molecule has 0 saturated heterocycles. The number of amides is 2. The third-order valence-corrected chi connectivity index (χ3v) is 6.39. The lowest BCUT2D eigenvalue weighted by molar-refractivity contribution is -0.147. The molecule has 1 unspecified atom stereocenters. The van der Waals surface area contributed by atoms with Crippen LogP contribution in [0, 0.1) is 29.0 Å². The molecular formula is C20H25FN2O2. The Labute approximate surface area is 147 Å². The molecule has 5 rings (SSSR count). The molecule has 1 aromatic carbocycles. The minimum Gasteiger partial charge on any atom is -0.344 e. The number of nitrogens with one attached hydrogen (secondary N) is 2. The Kier molecular flexibility index (Phi) is 4.05. The second-order valence-corrected chi connectivity index (χ2v) is 8.36. The van der Waals surface area contributed by atoms with Crippen molar-refractivity contribution in [3.8, 4) is 0 Å². The highest BCUT2D eigenvalue weighted by Gasteiger charge is 2.54. The number of rotatable bonds is 4. The first kappa shape index (κ1) is 16.6. The minimum absolute atomic E-state index is 0.0165. The van der Waals surface area contributed by atoms with Crippen LogP contribution in [0.4, 0.5) is 10.1 Å². The topological polar surface area (TPSA) is 58.2 Å². The van der Waals surface area contributed by atoms with Crippen molar-refractivity contribution >= 4 is 17.5 Å². The lowest BCUT2D eigenvalue weighted by Gasteiger charge is -2.55. The fourth-order valence-electron chi connectivity index (χ4n) is 5.61. The lowest BCUT2D eigenvalue weighted by Crippen LogP contribution is -2.56. The van der Waals surface area contributed by atoms with E-state index in [-0.39, 0.29) is 22.9 Å². The summed E-state index contributed by atoms with van der Waals surface area (Å²) in [4.78, 5) is 25.3. The standard InChI is InChI=1S/C20H25FN2O2/c1-12(18(24)23-17-5-3-2-4-16(17)21)22-19(25)20-9-13-6-14(10-20)8-15(7-13)11-20/h2-5,12-15H,6-11H2,1H3,(H,22,25)(H,23,24). The van der Waals surface area contributed by atoms with Crippen molar-refractivity contribution in [3.63, 3.8) is 0 Å². The summed E-state index contributed by atoms with van der Waals surface area (Å²) in [7, 11) is 0. The molecule has 0 heterocycles. The van der Waals surface area contributed by atoms with Crippen LogP contribution in [0.2, 0.25) is 0 Å². The molecule has 2 amide bonds. The first-order valence-corrected chi connectivity index (χ1v) is 9.31. The van der Waals surface area contributed by atoms with Gasteiger partial charge in [0.05, 0.1) is 5.69 Å². The highest BCUT2D eigenvalue weighted by Crippen LogP contribution is 2.60. The van der Waals surface area contributed by atoms with Crippen LogP contribution in [0.15, 0.2) is 24.3 Å². The van der Waals surface area contributed by atoms with Gasteiger partial charge in [0, 0.05) is 5.41 Å². The zero-order chi connectivity index (χ0) is 17.6. The average molecular weight is 344 g/mol. The van der Waals surface area contributed by atoms with Crippen molar-refractivity contribution in [1.29, 1.82) is 0 Å². The van der Waals surface area contributed by atoms with Crippen molar-refractivity contribution in [2.75, 3.05) is 5.32 Å². The lowest BCUT2D eigenvalue weighted by atomic mass is 9.49. The third-order valence-electron chi connectivity index (χ3n) is 6.39. The van der Waals surface area contributed by atoms with E-state index in [4.69, 9.17) is 0 Å². The van der Waals surface area contributed by atoms with Gasteiger partial charge in [-0.2, -0.15) is 0 Å². The van der Waals surface area contributed by atoms with Crippen molar-refractivity contribution in [2.24, 2.45) is 23.2 Å². The number of carbonyl (C=O) groups is 2. The van der Waals surface area contributed by atoms with Crippen LogP contribution in [0.5, 0.6) is 0 Å². The molecule has 4 aliphatic rings. The minimum atomic E-state index is -0.680. The molecule has 25 heavy (non-hydrogen) atoms. The second kappa shape index (κ2) is 6.11. The largest absolute Gasteiger partial charge is 0.344 e. The molecule has 2 N–H and O–H groups in total. The summed E-state index contributed by atoms with van der Waals surface area (Å²) in [5.74, 6) is 1.19. The summed E-state index contributed by atoms with van der Waals surface area (Å²) < 4.78 is 13.7. The molecule has 4 saturated carbocycles. The predicted octanol–water partition coefficient (Wildman–Crippen LogP) is 3.49. The number of benzene rings is 1. The number of halogens is 1. The Balaban J connectivity index is 1.40. The molecule has 1 atom stereocenters. The van der Waals surface area contributed by atoms with E-state index in [0.717, 1.165) is 19.3 Å². The van der Waals surface area contributed by atoms with Crippen LogP contribution in [0.25, 0.3) is 0 Å². The fraction of sp³-hybridized carbons (Fsp3) is 0.600. The quantitative estimate of drug-likeness (QED) is 0.878. The zero-order valence-electron chi connectivity index (χ0n) is 14.6. The molecule has 134 valence electrons. The van der Waals surface area contributed by atoms with Gasteiger partial charge in [-0.05, 0) is 75.3 Å². The van der Waals surface area contributed by atoms with E-state index in [2.05, 4.69) is 10.6 Å². The van der Waals surface area contributed by atoms with Crippen molar-refractivity contribution in [1.82, 2.24) is 5.32 Å². The predicted molar refractivity (Wildman–Crippen MR) is 93.2 cm³/mol. The molecule has 4 fully saturated rings. The Bertz CT molecular complexity index is 667. The summed E-state index contributed by atoms with van der Waals surface area (Å²) in [6, 6.07) is 5.37. The number of para-hydroxylation sites is 1. The Morgan fingerprint density at radius 2 is 1.64 bits per heavy atom. The zero-order valence-corrected chi connectivity index (χ0v) is 14.6. The molecule has 0 aromatic heterocycles. The van der Waals surface area contributed by atoms with E-state index in [1.807, 2.05) is 0 Å². The molecule has 4 bridgehead atoms. The van der Waals surface area contributed by atoms with Gasteiger partial charge in [-0.1, -0.05) is 12.1 Å². The van der Waals surface area contributed by atoms with Gasteiger partial charge in [0.25, 0.3) is 0 Å². The highest BCUT2D eigenvalue weighted by atomic mass is 19.1. The van der Waals surface area contributed by atoms with Gasteiger partial charge in [-0.3, -0.25) is 9.59 Å². The first-order valence-electron chi connectivity index (χ1n) is 9.31. The van der Waals surface area contributed by atoms with E-state index in [1.54, 1.807) is 19.1 Å².